The van der Waals surface area contributed by atoms with Gasteiger partial charge in [-0.15, -0.1) is 0 Å². The lowest BCUT2D eigenvalue weighted by Gasteiger charge is -1.68. The molecule has 0 nitrogen and oxygen atoms in total. The van der Waals surface area contributed by atoms with Crippen molar-refractivity contribution in [1.82, 2.24) is 0 Å². The minimum atomic E-state index is 1.18. The van der Waals surface area contributed by atoms with Crippen LogP contribution in [0.3, 0.4) is 0 Å². The molecular formula is C5H4P. The fourth-order valence-electron chi connectivity index (χ4n) is 0.277. The minimum Gasteiger partial charge on any atom is -0.0675 e. The molecule has 0 aliphatic carbocycles. The van der Waals surface area contributed by atoms with Crippen LogP contribution in [-0.2, 0) is 0 Å². The fourth-order valence-corrected chi connectivity index (χ4v) is 0.721. The predicted octanol–water partition coefficient (Wildman–Crippen LogP) is 2.07. The van der Waals surface area contributed by atoms with Crippen molar-refractivity contribution < 1.29 is 0 Å². The van der Waals surface area contributed by atoms with E-state index < -0.39 is 0 Å². The lowest BCUT2D eigenvalue weighted by molar-refractivity contribution is 1.87. The molecule has 0 N–H and O–H groups in total. The zero-order chi connectivity index (χ0) is 4.24. The van der Waals surface area contributed by atoms with E-state index in [4.69, 9.17) is 0 Å². The number of hydrogen-bond donors (Lipinski definition) is 0. The summed E-state index contributed by atoms with van der Waals surface area (Å²) in [6.45, 7) is 0. The first-order chi connectivity index (χ1) is 3.00. The molecule has 0 bridgehead atoms. The molecule has 1 heteroatoms. The van der Waals surface area contributed by atoms with Crippen LogP contribution in [0.4, 0.5) is 0 Å². The van der Waals surface area contributed by atoms with Crippen LogP contribution in [0, 0.1) is 5.80 Å². The van der Waals surface area contributed by atoms with Gasteiger partial charge >= 0.3 is 0 Å². The molecule has 0 spiro atoms. The molecule has 0 aliphatic heterocycles. The van der Waals surface area contributed by atoms with E-state index in [0.29, 0.717) is 0 Å². The molecule has 0 aliphatic rings. The SMILES string of the molecule is [c]1ccccp1. The Morgan fingerprint density at radius 3 is 2.50 bits per heavy atom. The second-order valence-electron chi connectivity index (χ2n) is 0.959. The van der Waals surface area contributed by atoms with Gasteiger partial charge in [-0.3, -0.25) is 0 Å². The van der Waals surface area contributed by atoms with Gasteiger partial charge in [0.2, 0.25) is 0 Å². The van der Waals surface area contributed by atoms with Crippen molar-refractivity contribution in [3.8, 4) is 0 Å². The van der Waals surface area contributed by atoms with Gasteiger partial charge in [0.1, 0.15) is 0 Å². The summed E-state index contributed by atoms with van der Waals surface area (Å²) in [5.74, 6) is 5.03. The Morgan fingerprint density at radius 2 is 2.33 bits per heavy atom. The lowest BCUT2D eigenvalue weighted by Crippen LogP contribution is -1.41. The van der Waals surface area contributed by atoms with Gasteiger partial charge in [-0.25, -0.2) is 0 Å². The van der Waals surface area contributed by atoms with Crippen LogP contribution in [0.15, 0.2) is 24.0 Å². The van der Waals surface area contributed by atoms with E-state index in [1.54, 1.807) is 0 Å². The van der Waals surface area contributed by atoms with Crippen molar-refractivity contribution >= 4 is 8.19 Å². The van der Waals surface area contributed by atoms with Gasteiger partial charge < -0.3 is 0 Å². The zero-order valence-corrected chi connectivity index (χ0v) is 4.15. The fraction of sp³-hybridized carbons (Fsp3) is 0. The molecule has 1 aromatic rings. The first-order valence-electron chi connectivity index (χ1n) is 1.77. The van der Waals surface area contributed by atoms with Crippen molar-refractivity contribution in [2.24, 2.45) is 0 Å². The van der Waals surface area contributed by atoms with E-state index in [1.807, 2.05) is 24.0 Å². The molecule has 6 heavy (non-hydrogen) atoms. The summed E-state index contributed by atoms with van der Waals surface area (Å²) in [5, 5.41) is 0. The zero-order valence-electron chi connectivity index (χ0n) is 3.26. The van der Waals surface area contributed by atoms with Crippen molar-refractivity contribution in [2.45, 2.75) is 0 Å². The summed E-state index contributed by atoms with van der Waals surface area (Å²) >= 11 is 0. The molecule has 0 saturated heterocycles. The molecule has 1 aromatic heterocycles. The summed E-state index contributed by atoms with van der Waals surface area (Å²) in [7, 11) is 1.18. The quantitative estimate of drug-likeness (QED) is 0.462. The van der Waals surface area contributed by atoms with Gasteiger partial charge in [0.05, 0.1) is 0 Å². The summed E-state index contributed by atoms with van der Waals surface area (Å²) in [4.78, 5) is 0. The average Bonchev–Trinajstić information content (AvgIpc) is 1.72. The van der Waals surface area contributed by atoms with E-state index in [9.17, 15) is 0 Å². The Kier molecular flexibility index (Phi) is 1.24. The van der Waals surface area contributed by atoms with Crippen LogP contribution < -0.4 is 0 Å². The van der Waals surface area contributed by atoms with Gasteiger partial charge in [-0.05, 0) is 11.9 Å². The molecule has 1 radical (unpaired) electrons. The van der Waals surface area contributed by atoms with E-state index in [1.165, 1.54) is 8.19 Å². The molecule has 0 saturated carbocycles. The molecular weight excluding hydrogens is 91.0 g/mol. The van der Waals surface area contributed by atoms with Crippen LogP contribution in [-0.4, -0.2) is 0 Å². The van der Waals surface area contributed by atoms with E-state index in [-0.39, 0.29) is 0 Å². The third kappa shape index (κ3) is 0.803. The highest BCUT2D eigenvalue weighted by atomic mass is 31.0. The topological polar surface area (TPSA) is 0 Å². The maximum absolute atomic E-state index is 2.99. The average molecular weight is 95.1 g/mol. The highest BCUT2D eigenvalue weighted by molar-refractivity contribution is 7.27. The third-order valence-electron chi connectivity index (χ3n) is 0.517. The maximum Gasteiger partial charge on any atom is 0.0136 e. The van der Waals surface area contributed by atoms with Gasteiger partial charge in [0, 0.05) is 5.80 Å². The molecule has 1 rings (SSSR count). The highest BCUT2D eigenvalue weighted by Gasteiger charge is 1.59. The Balaban J connectivity index is 3.00. The maximum atomic E-state index is 2.99. The van der Waals surface area contributed by atoms with Crippen molar-refractivity contribution in [2.75, 3.05) is 0 Å². The Labute approximate surface area is 38.9 Å². The van der Waals surface area contributed by atoms with Gasteiger partial charge in [0.25, 0.3) is 0 Å². The molecule has 0 atom stereocenters. The first kappa shape index (κ1) is 3.83. The molecule has 0 amide bonds. The van der Waals surface area contributed by atoms with E-state index in [0.717, 1.165) is 0 Å². The molecule has 29 valence electrons. The molecule has 0 unspecified atom stereocenters. The van der Waals surface area contributed by atoms with Crippen molar-refractivity contribution in [1.29, 1.82) is 0 Å². The Bertz CT molecular complexity index is 75.9. The second-order valence-corrected chi connectivity index (χ2v) is 1.77. The minimum absolute atomic E-state index is 1.18. The second kappa shape index (κ2) is 1.94. The standard InChI is InChI=1S/C5H4P/c1-2-4-6-5-3-1/h1-4H. The van der Waals surface area contributed by atoms with Crippen LogP contribution in [0.25, 0.3) is 0 Å². The number of rotatable bonds is 0. The Hall–Kier alpha value is -0.350. The molecule has 1 heterocycles. The monoisotopic (exact) mass is 95.0 g/mol. The van der Waals surface area contributed by atoms with Gasteiger partial charge in [-0.2, -0.15) is 0 Å². The van der Waals surface area contributed by atoms with E-state index in [2.05, 4.69) is 5.80 Å². The predicted molar refractivity (Wildman–Crippen MR) is 27.8 cm³/mol. The first-order valence-corrected chi connectivity index (χ1v) is 2.73. The summed E-state index contributed by atoms with van der Waals surface area (Å²) in [5.41, 5.74) is 0. The highest BCUT2D eigenvalue weighted by Crippen LogP contribution is 1.96. The van der Waals surface area contributed by atoms with Crippen LogP contribution in [0.2, 0.25) is 0 Å². The summed E-state index contributed by atoms with van der Waals surface area (Å²) in [6.07, 6.45) is 0. The summed E-state index contributed by atoms with van der Waals surface area (Å²) in [6, 6.07) is 5.90. The Morgan fingerprint density at radius 1 is 1.33 bits per heavy atom. The van der Waals surface area contributed by atoms with E-state index >= 15 is 0 Å². The van der Waals surface area contributed by atoms with Crippen LogP contribution >= 0.6 is 8.19 Å². The molecule has 0 fully saturated rings. The third-order valence-corrected chi connectivity index (χ3v) is 1.14. The normalized spacial score (nSPS) is 8.00. The summed E-state index contributed by atoms with van der Waals surface area (Å²) < 4.78 is 0. The van der Waals surface area contributed by atoms with Gasteiger partial charge in [-0.1, -0.05) is 20.3 Å². The smallest absolute Gasteiger partial charge is 0.0136 e. The van der Waals surface area contributed by atoms with Crippen LogP contribution in [0.1, 0.15) is 0 Å². The largest absolute Gasteiger partial charge is 0.0675 e. The number of hydrogen-bond acceptors (Lipinski definition) is 0. The van der Waals surface area contributed by atoms with Gasteiger partial charge in [0.15, 0.2) is 0 Å². The van der Waals surface area contributed by atoms with Crippen molar-refractivity contribution in [3.63, 3.8) is 0 Å². The van der Waals surface area contributed by atoms with Crippen molar-refractivity contribution in [3.05, 3.63) is 29.8 Å². The molecule has 0 aromatic carbocycles. The van der Waals surface area contributed by atoms with Crippen LogP contribution in [0.5, 0.6) is 0 Å². The lowest BCUT2D eigenvalue weighted by atomic mass is 10.6.